The number of anilines is 4. The quantitative estimate of drug-likeness (QED) is 0.549. The minimum Gasteiger partial charge on any atom is -0.369 e. The van der Waals surface area contributed by atoms with Crippen LogP contribution in [0.1, 0.15) is 58.9 Å². The lowest BCUT2D eigenvalue weighted by Gasteiger charge is -2.56. The molecule has 39 heavy (non-hydrogen) atoms. The van der Waals surface area contributed by atoms with Gasteiger partial charge in [-0.1, -0.05) is 13.8 Å². The number of amides is 2. The predicted molar refractivity (Wildman–Crippen MR) is 153 cm³/mol. The Bertz CT molecular complexity index is 1250. The van der Waals surface area contributed by atoms with Crippen molar-refractivity contribution < 1.29 is 9.59 Å². The molecule has 0 bridgehead atoms. The van der Waals surface area contributed by atoms with Gasteiger partial charge in [-0.05, 0) is 69.7 Å². The Balaban J connectivity index is 1.26. The molecule has 3 fully saturated rings. The molecule has 2 aromatic rings. The van der Waals surface area contributed by atoms with E-state index < -0.39 is 5.41 Å². The summed E-state index contributed by atoms with van der Waals surface area (Å²) in [6.45, 7) is 13.6. The van der Waals surface area contributed by atoms with Crippen molar-refractivity contribution in [3.8, 4) is 0 Å². The van der Waals surface area contributed by atoms with Gasteiger partial charge in [0.25, 0.3) is 0 Å². The van der Waals surface area contributed by atoms with Gasteiger partial charge in [-0.25, -0.2) is 4.98 Å². The van der Waals surface area contributed by atoms with Gasteiger partial charge in [0.15, 0.2) is 0 Å². The molecule has 3 aliphatic heterocycles. The monoisotopic (exact) mass is 531 g/mol. The average Bonchev–Trinajstić information content (AvgIpc) is 3.26. The molecule has 2 saturated heterocycles. The van der Waals surface area contributed by atoms with Crippen LogP contribution < -0.4 is 20.4 Å². The number of nitrogens with zero attached hydrogens (tertiary/aromatic N) is 5. The summed E-state index contributed by atoms with van der Waals surface area (Å²) in [5, 5.41) is 6.27. The summed E-state index contributed by atoms with van der Waals surface area (Å²) in [6.07, 6.45) is 5.61. The SMILES string of the molecule is CC(C)N1CCN(c2ccc(Nc3ncc4c(n3)N(C3(C(C)C)CCC3)C(=O)[C@]3(CCNC3=O)C4)cc2)CC1. The molecule has 9 heteroatoms. The minimum atomic E-state index is -1.04. The van der Waals surface area contributed by atoms with Crippen LogP contribution in [-0.2, 0) is 16.0 Å². The van der Waals surface area contributed by atoms with E-state index in [-0.39, 0.29) is 23.3 Å². The van der Waals surface area contributed by atoms with Crippen LogP contribution in [0.4, 0.5) is 23.1 Å². The third-order valence-electron chi connectivity index (χ3n) is 9.70. The van der Waals surface area contributed by atoms with E-state index in [0.717, 1.165) is 56.7 Å². The lowest BCUT2D eigenvalue weighted by atomic mass is 9.65. The lowest BCUT2D eigenvalue weighted by Crippen LogP contribution is -2.66. The molecule has 2 amide bonds. The van der Waals surface area contributed by atoms with Crippen LogP contribution in [-0.4, -0.2) is 71.0 Å². The molecular formula is C30H41N7O2. The molecule has 1 aromatic carbocycles. The van der Waals surface area contributed by atoms with Gasteiger partial charge in [0, 0.05) is 68.3 Å². The first-order valence-corrected chi connectivity index (χ1v) is 14.6. The fourth-order valence-electron chi connectivity index (χ4n) is 6.92. The molecule has 0 radical (unpaired) electrons. The van der Waals surface area contributed by atoms with Gasteiger partial charge in [0.1, 0.15) is 11.2 Å². The van der Waals surface area contributed by atoms with Crippen molar-refractivity contribution in [1.82, 2.24) is 20.2 Å². The number of carbonyl (C=O) groups is 2. The number of hydrogen-bond donors (Lipinski definition) is 2. The molecule has 1 aromatic heterocycles. The second kappa shape index (κ2) is 9.77. The molecule has 4 heterocycles. The van der Waals surface area contributed by atoms with Crippen LogP contribution >= 0.6 is 0 Å². The summed E-state index contributed by atoms with van der Waals surface area (Å²) in [5.74, 6) is 1.13. The summed E-state index contributed by atoms with van der Waals surface area (Å²) < 4.78 is 0. The molecule has 1 saturated carbocycles. The molecule has 1 atom stereocenters. The van der Waals surface area contributed by atoms with E-state index in [4.69, 9.17) is 4.98 Å². The highest BCUT2D eigenvalue weighted by molar-refractivity contribution is 6.15. The van der Waals surface area contributed by atoms with Crippen molar-refractivity contribution in [2.75, 3.05) is 47.8 Å². The first-order valence-electron chi connectivity index (χ1n) is 14.6. The van der Waals surface area contributed by atoms with Crippen LogP contribution in [0.3, 0.4) is 0 Å². The first kappa shape index (κ1) is 26.0. The van der Waals surface area contributed by atoms with E-state index in [1.54, 1.807) is 0 Å². The average molecular weight is 532 g/mol. The predicted octanol–water partition coefficient (Wildman–Crippen LogP) is 3.72. The molecule has 4 aliphatic rings. The van der Waals surface area contributed by atoms with Gasteiger partial charge in [-0.3, -0.25) is 19.4 Å². The molecule has 2 N–H and O–H groups in total. The molecule has 0 unspecified atom stereocenters. The highest BCUT2D eigenvalue weighted by Crippen LogP contribution is 2.51. The Labute approximate surface area is 231 Å². The zero-order valence-corrected chi connectivity index (χ0v) is 23.7. The van der Waals surface area contributed by atoms with E-state index in [1.807, 2.05) is 11.1 Å². The fourth-order valence-corrected chi connectivity index (χ4v) is 6.92. The van der Waals surface area contributed by atoms with Gasteiger partial charge < -0.3 is 15.5 Å². The van der Waals surface area contributed by atoms with Crippen molar-refractivity contribution in [2.45, 2.75) is 71.4 Å². The number of piperazine rings is 1. The van der Waals surface area contributed by atoms with E-state index in [9.17, 15) is 9.59 Å². The fraction of sp³-hybridized carbons (Fsp3) is 0.600. The molecule has 9 nitrogen and oxygen atoms in total. The number of nitrogens with one attached hydrogen (secondary N) is 2. The Morgan fingerprint density at radius 2 is 1.69 bits per heavy atom. The van der Waals surface area contributed by atoms with Crippen LogP contribution in [0.15, 0.2) is 30.5 Å². The third-order valence-corrected chi connectivity index (χ3v) is 9.70. The Hall–Kier alpha value is -3.20. The van der Waals surface area contributed by atoms with Crippen molar-refractivity contribution in [3.63, 3.8) is 0 Å². The summed E-state index contributed by atoms with van der Waals surface area (Å²) in [7, 11) is 0. The maximum Gasteiger partial charge on any atom is 0.244 e. The largest absolute Gasteiger partial charge is 0.369 e. The third kappa shape index (κ3) is 4.26. The second-order valence-corrected chi connectivity index (χ2v) is 12.3. The van der Waals surface area contributed by atoms with E-state index in [1.165, 1.54) is 5.69 Å². The number of carbonyl (C=O) groups excluding carboxylic acids is 2. The maximum absolute atomic E-state index is 14.2. The van der Waals surface area contributed by atoms with Crippen LogP contribution in [0.2, 0.25) is 0 Å². The Morgan fingerprint density at radius 1 is 0.974 bits per heavy atom. The van der Waals surface area contributed by atoms with Crippen molar-refractivity contribution >= 4 is 35.0 Å². The lowest BCUT2D eigenvalue weighted by molar-refractivity contribution is -0.141. The number of aromatic nitrogens is 2. The molecular weight excluding hydrogens is 490 g/mol. The van der Waals surface area contributed by atoms with Crippen LogP contribution in [0.25, 0.3) is 0 Å². The number of hydrogen-bond acceptors (Lipinski definition) is 7. The van der Waals surface area contributed by atoms with Crippen LogP contribution in [0, 0.1) is 11.3 Å². The summed E-state index contributed by atoms with van der Waals surface area (Å²) in [5.41, 5.74) is 1.65. The number of benzene rings is 1. The standard InChI is InChI=1S/C30H41N7O2/c1-20(2)30(10-5-11-30)37-25-22(18-29(27(37)39)12-13-31-26(29)38)19-32-28(34-25)33-23-6-8-24(9-7-23)36-16-14-35(15-17-36)21(3)4/h6-9,19-21H,5,10-18H2,1-4H3,(H,31,38)(H,32,33,34)/t29-/m1/s1. The molecule has 1 aliphatic carbocycles. The van der Waals surface area contributed by atoms with E-state index in [2.05, 4.69) is 77.4 Å². The van der Waals surface area contributed by atoms with Gasteiger partial charge in [-0.15, -0.1) is 0 Å². The second-order valence-electron chi connectivity index (χ2n) is 12.3. The van der Waals surface area contributed by atoms with Gasteiger partial charge in [0.2, 0.25) is 17.8 Å². The molecule has 1 spiro atoms. The zero-order valence-electron chi connectivity index (χ0n) is 23.7. The number of rotatable bonds is 6. The minimum absolute atomic E-state index is 0.0926. The summed E-state index contributed by atoms with van der Waals surface area (Å²) in [6, 6.07) is 9.00. The highest BCUT2D eigenvalue weighted by Gasteiger charge is 2.60. The summed E-state index contributed by atoms with van der Waals surface area (Å²) >= 11 is 0. The first-order chi connectivity index (χ1) is 18.7. The van der Waals surface area contributed by atoms with Crippen molar-refractivity contribution in [1.29, 1.82) is 0 Å². The highest BCUT2D eigenvalue weighted by atomic mass is 16.2. The Morgan fingerprint density at radius 3 is 2.26 bits per heavy atom. The molecule has 6 rings (SSSR count). The zero-order chi connectivity index (χ0) is 27.4. The van der Waals surface area contributed by atoms with Crippen LogP contribution in [0.5, 0.6) is 0 Å². The van der Waals surface area contributed by atoms with Crippen molar-refractivity contribution in [3.05, 3.63) is 36.0 Å². The van der Waals surface area contributed by atoms with E-state index in [0.29, 0.717) is 37.2 Å². The topological polar surface area (TPSA) is 93.7 Å². The number of fused-ring (bicyclic) bond motifs is 1. The smallest absolute Gasteiger partial charge is 0.244 e. The van der Waals surface area contributed by atoms with Crippen molar-refractivity contribution in [2.24, 2.45) is 11.3 Å². The van der Waals surface area contributed by atoms with Gasteiger partial charge in [-0.2, -0.15) is 4.98 Å². The molecule has 208 valence electrons. The van der Waals surface area contributed by atoms with Gasteiger partial charge in [0.05, 0.1) is 5.54 Å². The normalized spacial score (nSPS) is 24.8. The van der Waals surface area contributed by atoms with Gasteiger partial charge >= 0.3 is 0 Å². The van der Waals surface area contributed by atoms with E-state index >= 15 is 0 Å². The Kier molecular flexibility index (Phi) is 6.52. The summed E-state index contributed by atoms with van der Waals surface area (Å²) in [4.78, 5) is 43.6. The maximum atomic E-state index is 14.2.